The number of rotatable bonds is 5. The van der Waals surface area contributed by atoms with E-state index < -0.39 is 5.41 Å². The Kier molecular flexibility index (Phi) is 5.70. The van der Waals surface area contributed by atoms with Crippen molar-refractivity contribution in [1.29, 1.82) is 5.41 Å². The van der Waals surface area contributed by atoms with E-state index >= 15 is 0 Å². The molecule has 1 aliphatic heterocycles. The number of nitrogens with zero attached hydrogens (tertiary/aromatic N) is 5. The molecule has 1 saturated carbocycles. The highest BCUT2D eigenvalue weighted by Crippen LogP contribution is 2.45. The van der Waals surface area contributed by atoms with E-state index in [0.717, 1.165) is 54.7 Å². The Morgan fingerprint density at radius 2 is 1.79 bits per heavy atom. The number of hydrogen-bond acceptors (Lipinski definition) is 7. The van der Waals surface area contributed by atoms with Crippen LogP contribution in [0.2, 0.25) is 0 Å². The van der Waals surface area contributed by atoms with Gasteiger partial charge in [0.05, 0.1) is 11.5 Å². The zero-order valence-electron chi connectivity index (χ0n) is 18.8. The molecule has 2 fully saturated rings. The van der Waals surface area contributed by atoms with Gasteiger partial charge >= 0.3 is 5.90 Å². The van der Waals surface area contributed by atoms with Gasteiger partial charge in [-0.1, -0.05) is 30.7 Å². The third-order valence-corrected chi connectivity index (χ3v) is 6.84. The number of nitrogens with one attached hydrogen (secondary N) is 1. The van der Waals surface area contributed by atoms with E-state index in [1.54, 1.807) is 18.6 Å². The molecule has 9 nitrogen and oxygen atoms in total. The molecular weight excluding hydrogens is 430 g/mol. The van der Waals surface area contributed by atoms with Gasteiger partial charge in [-0.05, 0) is 42.5 Å². The van der Waals surface area contributed by atoms with Crippen molar-refractivity contribution in [3.63, 3.8) is 0 Å². The first-order valence-electron chi connectivity index (χ1n) is 11.4. The highest BCUT2D eigenvalue weighted by atomic mass is 16.3. The van der Waals surface area contributed by atoms with Crippen molar-refractivity contribution in [2.45, 2.75) is 37.2 Å². The number of aromatic nitrogens is 3. The van der Waals surface area contributed by atoms with E-state index in [4.69, 9.17) is 16.2 Å². The van der Waals surface area contributed by atoms with Crippen LogP contribution in [0.3, 0.4) is 0 Å². The molecule has 1 atom stereocenters. The summed E-state index contributed by atoms with van der Waals surface area (Å²) in [5.74, 6) is 1.27. The van der Waals surface area contributed by atoms with Gasteiger partial charge in [-0.15, -0.1) is 4.99 Å². The molecule has 1 aromatic carbocycles. The zero-order valence-corrected chi connectivity index (χ0v) is 18.8. The van der Waals surface area contributed by atoms with Crippen molar-refractivity contribution in [2.24, 2.45) is 4.99 Å². The molecule has 34 heavy (non-hydrogen) atoms. The summed E-state index contributed by atoms with van der Waals surface area (Å²) in [6, 6.07) is 11.7. The van der Waals surface area contributed by atoms with Gasteiger partial charge in [0.1, 0.15) is 17.2 Å². The van der Waals surface area contributed by atoms with Crippen LogP contribution in [0.4, 0.5) is 11.8 Å². The van der Waals surface area contributed by atoms with Gasteiger partial charge in [-0.2, -0.15) is 0 Å². The molecule has 5 rings (SSSR count). The third-order valence-electron chi connectivity index (χ3n) is 6.84. The number of aliphatic hydroxyl groups excluding tert-OH is 1. The summed E-state index contributed by atoms with van der Waals surface area (Å²) in [5, 5.41) is 26.9. The summed E-state index contributed by atoms with van der Waals surface area (Å²) in [5.41, 5.74) is 8.56. The second-order valence-corrected chi connectivity index (χ2v) is 8.95. The topological polar surface area (TPSA) is 147 Å². The minimum atomic E-state index is -0.471. The molecule has 6 N–H and O–H groups in total. The Bertz CT molecular complexity index is 1200. The van der Waals surface area contributed by atoms with E-state index in [2.05, 4.69) is 19.9 Å². The monoisotopic (exact) mass is 458 g/mol. The SMILES string of the molecule is N=C(N=C([OH2+])c1ccc(N2CC[C@@H](O)C2)nc1)C1(c2ccc(-c3cnc(N)nc3)cc2)CCC1. The number of benzene rings is 1. The van der Waals surface area contributed by atoms with Gasteiger partial charge in [0.25, 0.3) is 0 Å². The summed E-state index contributed by atoms with van der Waals surface area (Å²) in [6.45, 7) is 1.35. The third kappa shape index (κ3) is 4.10. The largest absolute Gasteiger partial charge is 0.578 e. The summed E-state index contributed by atoms with van der Waals surface area (Å²) < 4.78 is 0. The van der Waals surface area contributed by atoms with Crippen LogP contribution in [0.5, 0.6) is 0 Å². The van der Waals surface area contributed by atoms with Crippen molar-refractivity contribution in [1.82, 2.24) is 15.0 Å². The van der Waals surface area contributed by atoms with Crippen molar-refractivity contribution >= 4 is 23.5 Å². The van der Waals surface area contributed by atoms with Crippen molar-refractivity contribution in [3.8, 4) is 11.1 Å². The summed E-state index contributed by atoms with van der Waals surface area (Å²) in [6.07, 6.45) is 8.13. The highest BCUT2D eigenvalue weighted by Gasteiger charge is 2.43. The average Bonchev–Trinajstić information content (AvgIpc) is 3.26. The molecule has 0 amide bonds. The summed E-state index contributed by atoms with van der Waals surface area (Å²) >= 11 is 0. The molecule has 3 aromatic rings. The number of nitrogen functional groups attached to an aromatic ring is 1. The Morgan fingerprint density at radius 1 is 1.06 bits per heavy atom. The van der Waals surface area contributed by atoms with E-state index in [9.17, 15) is 5.11 Å². The second kappa shape index (κ2) is 8.83. The first-order valence-corrected chi connectivity index (χ1v) is 11.4. The number of anilines is 2. The molecule has 0 spiro atoms. The lowest BCUT2D eigenvalue weighted by Crippen LogP contribution is -2.41. The lowest BCUT2D eigenvalue weighted by Gasteiger charge is -2.41. The first-order chi connectivity index (χ1) is 16.4. The van der Waals surface area contributed by atoms with Crippen LogP contribution in [-0.2, 0) is 5.41 Å². The molecule has 3 heterocycles. The number of hydrogen-bond donors (Lipinski definition) is 3. The Balaban J connectivity index is 1.33. The number of β-amino-alcohol motifs (C(OH)–C–C–N with tert-alkyl or cyclic N) is 1. The lowest BCUT2D eigenvalue weighted by molar-refractivity contribution is 0.198. The predicted molar refractivity (Wildman–Crippen MR) is 132 cm³/mol. The number of aliphatic imine (C=N–C) groups is 1. The fourth-order valence-electron chi connectivity index (χ4n) is 4.61. The standard InChI is InChI=1S/C25H27N7O2/c26-23(31-22(34)17-4-7-21(28-12-17)32-11-8-20(33)15-32)25(9-1-10-25)19-5-2-16(3-6-19)18-13-29-24(27)30-14-18/h2-7,12-14,20,33H,1,8-11,15H2,(H2,26,31,34)(H2,27,29,30)/p+1/t20-/m1/s1. The van der Waals surface area contributed by atoms with Gasteiger partial charge < -0.3 is 20.8 Å². The van der Waals surface area contributed by atoms with E-state index in [1.807, 2.05) is 41.3 Å². The minimum Gasteiger partial charge on any atom is -0.578 e. The number of pyridine rings is 1. The molecule has 9 heteroatoms. The zero-order chi connectivity index (χ0) is 23.7. The average molecular weight is 459 g/mol. The van der Waals surface area contributed by atoms with Crippen molar-refractivity contribution in [2.75, 3.05) is 23.7 Å². The molecular formula is C25H28N7O2+. The smallest absolute Gasteiger partial charge is 0.367 e. The quantitative estimate of drug-likeness (QED) is 0.303. The fourth-order valence-corrected chi connectivity index (χ4v) is 4.61. The highest BCUT2D eigenvalue weighted by molar-refractivity contribution is 6.04. The maximum absolute atomic E-state index is 9.73. The fraction of sp³-hybridized carbons (Fsp3) is 0.320. The van der Waals surface area contributed by atoms with Gasteiger partial charge in [0.2, 0.25) is 5.95 Å². The van der Waals surface area contributed by atoms with Crippen molar-refractivity contribution < 1.29 is 10.2 Å². The van der Waals surface area contributed by atoms with Gasteiger partial charge in [-0.25, -0.2) is 15.0 Å². The van der Waals surface area contributed by atoms with Gasteiger partial charge in [0, 0.05) is 37.2 Å². The van der Waals surface area contributed by atoms with Crippen LogP contribution in [0.25, 0.3) is 11.1 Å². The van der Waals surface area contributed by atoms with Crippen LogP contribution < -0.4 is 10.6 Å². The summed E-state index contributed by atoms with van der Waals surface area (Å²) in [7, 11) is 0. The van der Waals surface area contributed by atoms with E-state index in [1.165, 1.54) is 0 Å². The maximum atomic E-state index is 9.73. The summed E-state index contributed by atoms with van der Waals surface area (Å²) in [4.78, 5) is 19.0. The first kappa shape index (κ1) is 22.0. The van der Waals surface area contributed by atoms with Crippen LogP contribution >= 0.6 is 0 Å². The second-order valence-electron chi connectivity index (χ2n) is 8.95. The molecule has 2 aliphatic rings. The Labute approximate surface area is 197 Å². The molecule has 0 unspecified atom stereocenters. The Hall–Kier alpha value is -3.85. The van der Waals surface area contributed by atoms with E-state index in [0.29, 0.717) is 12.1 Å². The number of aliphatic hydroxyl groups is 1. The predicted octanol–water partition coefficient (Wildman–Crippen LogP) is 2.26. The number of nitrogens with two attached hydrogens (primary N) is 1. The molecule has 1 aliphatic carbocycles. The minimum absolute atomic E-state index is 0.0347. The normalized spacial score (nSPS) is 19.6. The van der Waals surface area contributed by atoms with Crippen LogP contribution in [0.1, 0.15) is 36.8 Å². The maximum Gasteiger partial charge on any atom is 0.367 e. The Morgan fingerprint density at radius 3 is 2.35 bits per heavy atom. The van der Waals surface area contributed by atoms with Gasteiger partial charge in [-0.3, -0.25) is 5.41 Å². The number of amidine groups is 1. The van der Waals surface area contributed by atoms with Crippen LogP contribution in [-0.4, -0.2) is 56.1 Å². The van der Waals surface area contributed by atoms with Crippen molar-refractivity contribution in [3.05, 3.63) is 66.1 Å². The molecule has 174 valence electrons. The molecule has 2 aromatic heterocycles. The van der Waals surface area contributed by atoms with Crippen LogP contribution in [0.15, 0.2) is 60.0 Å². The molecule has 0 radical (unpaired) electrons. The lowest BCUT2D eigenvalue weighted by atomic mass is 9.63. The van der Waals surface area contributed by atoms with E-state index in [-0.39, 0.29) is 23.8 Å². The van der Waals surface area contributed by atoms with Crippen LogP contribution in [0, 0.1) is 5.41 Å². The molecule has 1 saturated heterocycles. The van der Waals surface area contributed by atoms with Gasteiger partial charge in [0.15, 0.2) is 0 Å². The molecule has 0 bridgehead atoms.